The van der Waals surface area contributed by atoms with E-state index in [0.717, 1.165) is 20.8 Å². The number of halogens is 17. The van der Waals surface area contributed by atoms with E-state index in [1.807, 2.05) is 0 Å². The van der Waals surface area contributed by atoms with Gasteiger partial charge in [0.15, 0.2) is 0 Å². The highest BCUT2D eigenvalue weighted by Crippen LogP contribution is 2.64. The lowest BCUT2D eigenvalue weighted by molar-refractivity contribution is -0.460. The first-order chi connectivity index (χ1) is 14.6. The van der Waals surface area contributed by atoms with E-state index in [4.69, 9.17) is 0 Å². The summed E-state index contributed by atoms with van der Waals surface area (Å²) in [5.41, 5.74) is -3.77. The average molecular weight is 562 g/mol. The van der Waals surface area contributed by atoms with Crippen LogP contribution in [0.15, 0.2) is 0 Å². The Kier molecular flexibility index (Phi) is 7.74. The van der Waals surface area contributed by atoms with Gasteiger partial charge in [0.1, 0.15) is 5.60 Å². The van der Waals surface area contributed by atoms with E-state index < -0.39 is 64.6 Å². The number of hydrogen-bond acceptors (Lipinski definition) is 2. The van der Waals surface area contributed by atoms with E-state index >= 15 is 0 Å². The van der Waals surface area contributed by atoms with Crippen LogP contribution < -0.4 is 0 Å². The molecule has 0 aliphatic rings. The summed E-state index contributed by atoms with van der Waals surface area (Å²) in [7, 11) is 0. The molecule has 210 valence electrons. The van der Waals surface area contributed by atoms with Crippen molar-refractivity contribution >= 4 is 5.97 Å². The van der Waals surface area contributed by atoms with Gasteiger partial charge in [-0.1, -0.05) is 20.8 Å². The van der Waals surface area contributed by atoms with Crippen molar-refractivity contribution in [1.29, 1.82) is 0 Å². The Balaban J connectivity index is 6.78. The maximum absolute atomic E-state index is 13.8. The molecule has 0 unspecified atom stereocenters. The Morgan fingerprint density at radius 3 is 0.971 bits per heavy atom. The van der Waals surface area contributed by atoms with Crippen LogP contribution in [-0.4, -0.2) is 59.2 Å². The van der Waals surface area contributed by atoms with E-state index in [0.29, 0.717) is 13.8 Å². The summed E-state index contributed by atoms with van der Waals surface area (Å²) in [6, 6.07) is 0. The quantitative estimate of drug-likeness (QED) is 0.228. The summed E-state index contributed by atoms with van der Waals surface area (Å²) in [6.45, 7) is 4.67. The summed E-state index contributed by atoms with van der Waals surface area (Å²) in [5, 5.41) is 0. The maximum Gasteiger partial charge on any atom is 0.460 e. The van der Waals surface area contributed by atoms with Crippen LogP contribution in [0.5, 0.6) is 0 Å². The topological polar surface area (TPSA) is 26.3 Å². The van der Waals surface area contributed by atoms with Gasteiger partial charge in [0.25, 0.3) is 0 Å². The molecule has 19 heteroatoms. The molecule has 0 N–H and O–H groups in total. The summed E-state index contributed by atoms with van der Waals surface area (Å²) in [4.78, 5) is 11.4. The molecular formula is C16H15F17O2. The van der Waals surface area contributed by atoms with E-state index in [9.17, 15) is 79.4 Å². The zero-order valence-corrected chi connectivity index (χ0v) is 17.7. The number of esters is 1. The second kappa shape index (κ2) is 8.14. The van der Waals surface area contributed by atoms with Gasteiger partial charge >= 0.3 is 53.6 Å². The molecule has 0 rings (SSSR count). The molecule has 0 atom stereocenters. The van der Waals surface area contributed by atoms with Gasteiger partial charge in [-0.05, 0) is 13.8 Å². The van der Waals surface area contributed by atoms with E-state index in [1.54, 1.807) is 0 Å². The van der Waals surface area contributed by atoms with Crippen LogP contribution in [0, 0.1) is 5.41 Å². The molecule has 0 aromatic carbocycles. The minimum absolute atomic E-state index is 0.708. The minimum atomic E-state index is -8.75. The lowest BCUT2D eigenvalue weighted by atomic mass is 9.79. The van der Waals surface area contributed by atoms with Gasteiger partial charge < -0.3 is 4.74 Å². The minimum Gasteiger partial charge on any atom is -0.454 e. The normalized spacial score (nSPS) is 16.4. The molecule has 0 fully saturated rings. The molecular weight excluding hydrogens is 547 g/mol. The van der Waals surface area contributed by atoms with E-state index in [1.165, 1.54) is 0 Å². The Bertz CT molecular complexity index is 802. The van der Waals surface area contributed by atoms with E-state index in [-0.39, 0.29) is 0 Å². The van der Waals surface area contributed by atoms with Crippen LogP contribution in [0.1, 0.15) is 34.6 Å². The fourth-order valence-electron chi connectivity index (χ4n) is 1.74. The third-order valence-corrected chi connectivity index (χ3v) is 5.13. The van der Waals surface area contributed by atoms with Crippen molar-refractivity contribution in [3.05, 3.63) is 0 Å². The molecule has 2 nitrogen and oxygen atoms in total. The van der Waals surface area contributed by atoms with Crippen LogP contribution in [0.4, 0.5) is 74.6 Å². The fraction of sp³-hybridized carbons (Fsp3) is 0.938. The Hall–Kier alpha value is -1.72. The number of rotatable bonds is 8. The Labute approximate surface area is 184 Å². The molecule has 0 bridgehead atoms. The molecule has 0 aliphatic heterocycles. The second-order valence-corrected chi connectivity index (χ2v) is 8.67. The fourth-order valence-corrected chi connectivity index (χ4v) is 1.74. The van der Waals surface area contributed by atoms with Crippen molar-refractivity contribution in [2.24, 2.45) is 5.41 Å². The van der Waals surface area contributed by atoms with Crippen LogP contribution in [0.25, 0.3) is 0 Å². The van der Waals surface area contributed by atoms with Crippen LogP contribution in [0.3, 0.4) is 0 Å². The molecule has 0 radical (unpaired) electrons. The Morgan fingerprint density at radius 1 is 0.457 bits per heavy atom. The summed E-state index contributed by atoms with van der Waals surface area (Å²) < 4.78 is 228. The number of carbonyl (C=O) groups is 1. The smallest absolute Gasteiger partial charge is 0.454 e. The van der Waals surface area contributed by atoms with Crippen molar-refractivity contribution < 1.29 is 84.2 Å². The third kappa shape index (κ3) is 4.48. The molecule has 0 aromatic rings. The standard InChI is InChI=1S/C16H15F17O2/c1-7(2,3)8(4,5)35-6(34)9(17,18)10(19,20)11(21,22)12(23,24)13(25,26)14(27,28)15(29,30)16(31,32)33/h1-5H3. The summed E-state index contributed by atoms with van der Waals surface area (Å²) >= 11 is 0. The van der Waals surface area contributed by atoms with Crippen LogP contribution in [0.2, 0.25) is 0 Å². The van der Waals surface area contributed by atoms with Crippen molar-refractivity contribution in [2.45, 2.75) is 87.9 Å². The SMILES string of the molecule is CC(C)(C)C(C)(C)OC(=O)C(F)(F)C(F)(F)C(F)(F)C(F)(F)C(F)(F)C(F)(F)C(F)(F)C(F)(F)F. The van der Waals surface area contributed by atoms with Crippen molar-refractivity contribution in [1.82, 2.24) is 0 Å². The lowest BCUT2D eigenvalue weighted by Crippen LogP contribution is -2.75. The predicted molar refractivity (Wildman–Crippen MR) is 80.3 cm³/mol. The molecule has 0 saturated carbocycles. The van der Waals surface area contributed by atoms with Crippen LogP contribution in [-0.2, 0) is 9.53 Å². The van der Waals surface area contributed by atoms with Crippen molar-refractivity contribution in [3.8, 4) is 0 Å². The number of carbonyl (C=O) groups excluding carboxylic acids is 1. The molecule has 35 heavy (non-hydrogen) atoms. The van der Waals surface area contributed by atoms with Gasteiger partial charge in [-0.2, -0.15) is 74.6 Å². The second-order valence-electron chi connectivity index (χ2n) is 8.67. The Morgan fingerprint density at radius 2 is 0.714 bits per heavy atom. The number of alkyl halides is 17. The highest BCUT2D eigenvalue weighted by atomic mass is 19.4. The molecule has 0 aliphatic carbocycles. The zero-order chi connectivity index (χ0) is 29.3. The largest absolute Gasteiger partial charge is 0.460 e. The first kappa shape index (κ1) is 33.3. The van der Waals surface area contributed by atoms with Gasteiger partial charge in [0, 0.05) is 5.41 Å². The van der Waals surface area contributed by atoms with Gasteiger partial charge in [-0.15, -0.1) is 0 Å². The third-order valence-electron chi connectivity index (χ3n) is 5.13. The first-order valence-corrected chi connectivity index (χ1v) is 8.58. The van der Waals surface area contributed by atoms with Crippen LogP contribution >= 0.6 is 0 Å². The molecule has 0 aromatic heterocycles. The highest BCUT2D eigenvalue weighted by Gasteiger charge is 2.96. The monoisotopic (exact) mass is 562 g/mol. The molecule has 0 amide bonds. The first-order valence-electron chi connectivity index (χ1n) is 8.58. The molecule has 0 heterocycles. The average Bonchev–Trinajstić information content (AvgIpc) is 2.58. The number of ether oxygens (including phenoxy) is 1. The van der Waals surface area contributed by atoms with Crippen molar-refractivity contribution in [3.63, 3.8) is 0 Å². The van der Waals surface area contributed by atoms with Gasteiger partial charge in [-0.3, -0.25) is 0 Å². The lowest BCUT2D eigenvalue weighted by Gasteiger charge is -2.43. The molecule has 0 saturated heterocycles. The van der Waals surface area contributed by atoms with Crippen molar-refractivity contribution in [2.75, 3.05) is 0 Å². The predicted octanol–water partition coefficient (Wildman–Crippen LogP) is 7.36. The zero-order valence-electron chi connectivity index (χ0n) is 17.7. The maximum atomic E-state index is 13.8. The van der Waals surface area contributed by atoms with Gasteiger partial charge in [-0.25, -0.2) is 4.79 Å². The summed E-state index contributed by atoms with van der Waals surface area (Å²) in [5.74, 6) is -62.0. The van der Waals surface area contributed by atoms with Gasteiger partial charge in [0.2, 0.25) is 0 Å². The van der Waals surface area contributed by atoms with E-state index in [2.05, 4.69) is 4.74 Å². The van der Waals surface area contributed by atoms with Gasteiger partial charge in [0.05, 0.1) is 0 Å². The highest BCUT2D eigenvalue weighted by molar-refractivity contribution is 5.79. The molecule has 0 spiro atoms. The number of hydrogen-bond donors (Lipinski definition) is 0. The summed E-state index contributed by atoms with van der Waals surface area (Å²) in [6.07, 6.45) is -7.83.